The summed E-state index contributed by atoms with van der Waals surface area (Å²) in [6.07, 6.45) is 3.51. The monoisotopic (exact) mass is 484 g/mol. The molecule has 1 aliphatic heterocycles. The quantitative estimate of drug-likeness (QED) is 0.355. The van der Waals surface area contributed by atoms with E-state index in [0.29, 0.717) is 13.1 Å². The summed E-state index contributed by atoms with van der Waals surface area (Å²) in [5.74, 6) is 3.15. The molecule has 6 rings (SSSR count). The third-order valence-electron chi connectivity index (χ3n) is 7.56. The van der Waals surface area contributed by atoms with Crippen LogP contribution in [0.5, 0.6) is 0 Å². The molecule has 0 saturated carbocycles. The Morgan fingerprint density at radius 1 is 1.03 bits per heavy atom. The Morgan fingerprint density at radius 3 is 2.60 bits per heavy atom. The van der Waals surface area contributed by atoms with Crippen LogP contribution in [0.4, 0.5) is 5.82 Å². The van der Waals surface area contributed by atoms with Crippen molar-refractivity contribution >= 4 is 44.1 Å². The Balaban J connectivity index is 1.30. The molecule has 5 nitrogen and oxygen atoms in total. The van der Waals surface area contributed by atoms with Crippen LogP contribution in [0.1, 0.15) is 59.7 Å². The molecule has 3 heterocycles. The Hall–Kier alpha value is -2.99. The number of carbonyl (C=O) groups is 1. The highest BCUT2D eigenvalue weighted by Gasteiger charge is 2.29. The molecule has 0 radical (unpaired) electrons. The predicted octanol–water partition coefficient (Wildman–Crippen LogP) is 6.06. The number of fused-ring (bicyclic) bond motifs is 4. The van der Waals surface area contributed by atoms with Crippen LogP contribution >= 0.6 is 11.3 Å². The van der Waals surface area contributed by atoms with Crippen molar-refractivity contribution in [3.05, 3.63) is 64.3 Å². The van der Waals surface area contributed by atoms with Crippen LogP contribution in [0.15, 0.2) is 42.5 Å². The Bertz CT molecular complexity index is 1410. The molecule has 1 aliphatic carbocycles. The van der Waals surface area contributed by atoms with Crippen LogP contribution in [0, 0.1) is 5.92 Å². The number of benzene rings is 2. The lowest BCUT2D eigenvalue weighted by Gasteiger charge is -2.36. The zero-order chi connectivity index (χ0) is 24.1. The van der Waals surface area contributed by atoms with E-state index in [2.05, 4.69) is 37.8 Å². The molecule has 1 amide bonds. The van der Waals surface area contributed by atoms with Crippen LogP contribution in [0.3, 0.4) is 0 Å². The third kappa shape index (κ3) is 3.98. The lowest BCUT2D eigenvalue weighted by Crippen LogP contribution is -2.49. The minimum atomic E-state index is 0.124. The van der Waals surface area contributed by atoms with Crippen LogP contribution < -0.4 is 4.90 Å². The van der Waals surface area contributed by atoms with Crippen LogP contribution in [0.25, 0.3) is 21.0 Å². The van der Waals surface area contributed by atoms with E-state index in [-0.39, 0.29) is 11.8 Å². The van der Waals surface area contributed by atoms with Crippen LogP contribution in [-0.2, 0) is 12.8 Å². The number of carbonyl (C=O) groups excluding carboxylic acids is 1. The van der Waals surface area contributed by atoms with E-state index in [1.807, 2.05) is 46.6 Å². The van der Waals surface area contributed by atoms with Gasteiger partial charge in [-0.25, -0.2) is 9.97 Å². The maximum Gasteiger partial charge on any atom is 0.254 e. The van der Waals surface area contributed by atoms with Gasteiger partial charge < -0.3 is 9.80 Å². The van der Waals surface area contributed by atoms with Crippen LogP contribution in [-0.4, -0.2) is 47.0 Å². The van der Waals surface area contributed by atoms with Gasteiger partial charge in [0.05, 0.1) is 5.39 Å². The van der Waals surface area contributed by atoms with Crippen molar-refractivity contribution in [2.75, 3.05) is 31.1 Å². The molecular formula is C29H32N4OS. The van der Waals surface area contributed by atoms with E-state index in [1.165, 1.54) is 22.2 Å². The van der Waals surface area contributed by atoms with Gasteiger partial charge >= 0.3 is 0 Å². The summed E-state index contributed by atoms with van der Waals surface area (Å²) in [6, 6.07) is 14.2. The minimum Gasteiger partial charge on any atom is -0.352 e. The van der Waals surface area contributed by atoms with E-state index in [9.17, 15) is 4.79 Å². The van der Waals surface area contributed by atoms with E-state index in [1.54, 1.807) is 0 Å². The van der Waals surface area contributed by atoms with E-state index >= 15 is 0 Å². The molecule has 1 fully saturated rings. The largest absolute Gasteiger partial charge is 0.352 e. The first-order chi connectivity index (χ1) is 17.0. The van der Waals surface area contributed by atoms with Crippen molar-refractivity contribution in [3.63, 3.8) is 0 Å². The molecule has 6 heteroatoms. The first kappa shape index (κ1) is 22.5. The van der Waals surface area contributed by atoms with Gasteiger partial charge in [-0.05, 0) is 47.6 Å². The van der Waals surface area contributed by atoms with Crippen molar-refractivity contribution in [1.29, 1.82) is 0 Å². The molecule has 4 aromatic rings. The summed E-state index contributed by atoms with van der Waals surface area (Å²) in [4.78, 5) is 30.6. The smallest absolute Gasteiger partial charge is 0.254 e. The summed E-state index contributed by atoms with van der Waals surface area (Å²) in [5.41, 5.74) is 2.27. The zero-order valence-electron chi connectivity index (χ0n) is 20.8. The second kappa shape index (κ2) is 8.90. The molecule has 2 aliphatic rings. The van der Waals surface area contributed by atoms with Crippen molar-refractivity contribution in [3.8, 4) is 0 Å². The fraction of sp³-hybridized carbons (Fsp3) is 0.414. The molecule has 35 heavy (non-hydrogen) atoms. The number of piperazine rings is 1. The fourth-order valence-electron chi connectivity index (χ4n) is 5.53. The van der Waals surface area contributed by atoms with Gasteiger partial charge in [-0.15, -0.1) is 11.3 Å². The number of aryl methyl sites for hydroxylation is 1. The average Bonchev–Trinajstić information content (AvgIpc) is 3.25. The minimum absolute atomic E-state index is 0.124. The Labute approximate surface area is 210 Å². The molecule has 2 aromatic carbocycles. The van der Waals surface area contributed by atoms with Crippen LogP contribution in [0.2, 0.25) is 0 Å². The van der Waals surface area contributed by atoms with E-state index in [4.69, 9.17) is 9.97 Å². The Morgan fingerprint density at radius 2 is 1.80 bits per heavy atom. The highest BCUT2D eigenvalue weighted by Crippen LogP contribution is 2.41. The summed E-state index contributed by atoms with van der Waals surface area (Å²) < 4.78 is 0. The average molecular weight is 485 g/mol. The molecule has 0 spiro atoms. The fourth-order valence-corrected chi connectivity index (χ4v) is 6.91. The molecule has 0 N–H and O–H groups in total. The first-order valence-electron chi connectivity index (χ1n) is 12.8. The van der Waals surface area contributed by atoms with Gasteiger partial charge in [0.2, 0.25) is 0 Å². The second-order valence-corrected chi connectivity index (χ2v) is 11.5. The molecule has 1 atom stereocenters. The van der Waals surface area contributed by atoms with Crippen molar-refractivity contribution < 1.29 is 4.79 Å². The van der Waals surface area contributed by atoms with Gasteiger partial charge in [0, 0.05) is 42.5 Å². The van der Waals surface area contributed by atoms with E-state index < -0.39 is 0 Å². The molecular weight excluding hydrogens is 452 g/mol. The van der Waals surface area contributed by atoms with Crippen molar-refractivity contribution in [2.24, 2.45) is 5.92 Å². The molecule has 180 valence electrons. The lowest BCUT2D eigenvalue weighted by atomic mass is 9.89. The number of aromatic nitrogens is 2. The maximum atomic E-state index is 13.5. The highest BCUT2D eigenvalue weighted by molar-refractivity contribution is 7.19. The van der Waals surface area contributed by atoms with Gasteiger partial charge in [0.1, 0.15) is 16.5 Å². The predicted molar refractivity (Wildman–Crippen MR) is 145 cm³/mol. The van der Waals surface area contributed by atoms with Gasteiger partial charge in [0.15, 0.2) is 0 Å². The zero-order valence-corrected chi connectivity index (χ0v) is 21.6. The number of rotatable bonds is 3. The normalized spacial score (nSPS) is 18.5. The number of anilines is 1. The standard InChI is InChI=1S/C29H32N4OS/c1-18(2)26-30-27(25-23-12-11-19(3)17-24(23)35-28(25)31-26)32-13-15-33(16-14-32)29(34)22-10-6-8-20-7-4-5-9-21(20)22/h4-10,18-19H,11-17H2,1-3H3/t19-/m0/s1. The topological polar surface area (TPSA) is 49.3 Å². The summed E-state index contributed by atoms with van der Waals surface area (Å²) in [5, 5.41) is 3.41. The maximum absolute atomic E-state index is 13.5. The summed E-state index contributed by atoms with van der Waals surface area (Å²) in [7, 11) is 0. The molecule has 1 saturated heterocycles. The van der Waals surface area contributed by atoms with E-state index in [0.717, 1.165) is 64.7 Å². The summed E-state index contributed by atoms with van der Waals surface area (Å²) >= 11 is 1.87. The SMILES string of the molecule is CC(C)c1nc(N2CCN(C(=O)c3cccc4ccccc34)CC2)c2c3c(sc2n1)C[C@@H](C)CC3. The van der Waals surface area contributed by atoms with Gasteiger partial charge in [-0.2, -0.15) is 0 Å². The van der Waals surface area contributed by atoms with Gasteiger partial charge in [-0.1, -0.05) is 57.2 Å². The highest BCUT2D eigenvalue weighted by atomic mass is 32.1. The first-order valence-corrected chi connectivity index (χ1v) is 13.7. The van der Waals surface area contributed by atoms with Gasteiger partial charge in [0.25, 0.3) is 5.91 Å². The molecule has 0 unspecified atom stereocenters. The number of thiophene rings is 1. The Kier molecular flexibility index (Phi) is 5.72. The molecule has 2 aromatic heterocycles. The number of nitrogens with zero attached hydrogens (tertiary/aromatic N) is 4. The second-order valence-electron chi connectivity index (χ2n) is 10.4. The van der Waals surface area contributed by atoms with Crippen molar-refractivity contribution in [1.82, 2.24) is 14.9 Å². The number of amides is 1. The van der Waals surface area contributed by atoms with Crippen molar-refractivity contribution in [2.45, 2.75) is 46.0 Å². The number of hydrogen-bond donors (Lipinski definition) is 0. The number of hydrogen-bond acceptors (Lipinski definition) is 5. The lowest BCUT2D eigenvalue weighted by molar-refractivity contribution is 0.0748. The summed E-state index contributed by atoms with van der Waals surface area (Å²) in [6.45, 7) is 9.68. The third-order valence-corrected chi connectivity index (χ3v) is 8.70. The molecule has 0 bridgehead atoms. The van der Waals surface area contributed by atoms with Gasteiger partial charge in [-0.3, -0.25) is 4.79 Å².